The molecule has 4 nitrogen and oxygen atoms in total. The second-order valence-electron chi connectivity index (χ2n) is 5.11. The first-order chi connectivity index (χ1) is 10.7. The van der Waals surface area contributed by atoms with E-state index in [1.54, 1.807) is 24.9 Å². The number of benzene rings is 2. The molecule has 2 aromatic carbocycles. The standard InChI is InChI=1S/C17H16N2O2S/c1-11-3-5-14-15(7-11)19-17(18-14)22-10-13-8-12(9-20)4-6-16(13)21-2/h3-9H,10H2,1-2H3,(H,18,19)/p+1. The minimum Gasteiger partial charge on any atom is -0.496 e. The highest BCUT2D eigenvalue weighted by molar-refractivity contribution is 7.98. The number of aromatic amines is 2. The summed E-state index contributed by atoms with van der Waals surface area (Å²) in [6.45, 7) is 2.07. The first-order valence-electron chi connectivity index (χ1n) is 6.96. The number of carbonyl (C=O) groups excluding carboxylic acids is 1. The van der Waals surface area contributed by atoms with Crippen LogP contribution in [0.2, 0.25) is 0 Å². The van der Waals surface area contributed by atoms with Gasteiger partial charge in [-0.2, -0.15) is 0 Å². The molecule has 1 aromatic heterocycles. The number of aromatic nitrogens is 2. The van der Waals surface area contributed by atoms with Gasteiger partial charge in [-0.3, -0.25) is 4.79 Å². The Hall–Kier alpha value is -2.27. The highest BCUT2D eigenvalue weighted by Crippen LogP contribution is 2.27. The summed E-state index contributed by atoms with van der Waals surface area (Å²) < 4.78 is 5.36. The summed E-state index contributed by atoms with van der Waals surface area (Å²) in [7, 11) is 1.64. The molecule has 0 atom stereocenters. The van der Waals surface area contributed by atoms with Gasteiger partial charge in [-0.1, -0.05) is 6.07 Å². The summed E-state index contributed by atoms with van der Waals surface area (Å²) in [6.07, 6.45) is 0.853. The third kappa shape index (κ3) is 2.99. The van der Waals surface area contributed by atoms with Gasteiger partial charge in [-0.15, -0.1) is 0 Å². The molecule has 1 heterocycles. The summed E-state index contributed by atoms with van der Waals surface area (Å²) in [5.74, 6) is 1.51. The van der Waals surface area contributed by atoms with Crippen LogP contribution >= 0.6 is 11.8 Å². The number of aryl methyl sites for hydroxylation is 1. The molecular weight excluding hydrogens is 296 g/mol. The number of ether oxygens (including phenoxy) is 1. The molecule has 0 spiro atoms. The zero-order valence-corrected chi connectivity index (χ0v) is 13.3. The van der Waals surface area contributed by atoms with Crippen molar-refractivity contribution in [2.24, 2.45) is 0 Å². The van der Waals surface area contributed by atoms with E-state index in [4.69, 9.17) is 4.74 Å². The number of hydrogen-bond donors (Lipinski definition) is 1. The molecule has 0 bridgehead atoms. The van der Waals surface area contributed by atoms with Crippen LogP contribution in [0.3, 0.4) is 0 Å². The summed E-state index contributed by atoms with van der Waals surface area (Å²) in [5.41, 5.74) is 5.06. The molecule has 22 heavy (non-hydrogen) atoms. The lowest BCUT2D eigenvalue weighted by molar-refractivity contribution is -0.396. The molecule has 2 N–H and O–H groups in total. The van der Waals surface area contributed by atoms with E-state index in [1.165, 1.54) is 5.56 Å². The van der Waals surface area contributed by atoms with Crippen molar-refractivity contribution < 1.29 is 14.5 Å². The number of aldehydes is 1. The summed E-state index contributed by atoms with van der Waals surface area (Å²) in [4.78, 5) is 17.6. The van der Waals surface area contributed by atoms with Crippen LogP contribution < -0.4 is 9.72 Å². The van der Waals surface area contributed by atoms with Crippen LogP contribution in [0.15, 0.2) is 41.6 Å². The topological polar surface area (TPSA) is 56.2 Å². The smallest absolute Gasteiger partial charge is 0.314 e. The SMILES string of the molecule is COc1ccc(C=O)cc1CSc1[nH]c2cc(C)ccc2[nH+]1. The molecule has 0 radical (unpaired) electrons. The average molecular weight is 313 g/mol. The Morgan fingerprint density at radius 1 is 1.27 bits per heavy atom. The average Bonchev–Trinajstić information content (AvgIpc) is 2.94. The highest BCUT2D eigenvalue weighted by atomic mass is 32.2. The molecule has 0 aliphatic rings. The van der Waals surface area contributed by atoms with Crippen molar-refractivity contribution in [3.63, 3.8) is 0 Å². The Kier molecular flexibility index (Phi) is 4.15. The molecule has 0 saturated carbocycles. The van der Waals surface area contributed by atoms with E-state index >= 15 is 0 Å². The van der Waals surface area contributed by atoms with E-state index in [0.717, 1.165) is 33.8 Å². The van der Waals surface area contributed by atoms with Crippen LogP contribution in [0.1, 0.15) is 21.5 Å². The minimum absolute atomic E-state index is 0.660. The Morgan fingerprint density at radius 2 is 2.14 bits per heavy atom. The fraction of sp³-hybridized carbons (Fsp3) is 0.176. The van der Waals surface area contributed by atoms with E-state index in [-0.39, 0.29) is 0 Å². The highest BCUT2D eigenvalue weighted by Gasteiger charge is 2.12. The number of imidazole rings is 1. The third-order valence-corrected chi connectivity index (χ3v) is 4.43. The van der Waals surface area contributed by atoms with Crippen molar-refractivity contribution in [1.82, 2.24) is 4.98 Å². The number of carbonyl (C=O) groups is 1. The molecule has 3 rings (SSSR count). The van der Waals surface area contributed by atoms with Crippen molar-refractivity contribution in [3.05, 3.63) is 53.1 Å². The molecule has 112 valence electrons. The number of nitrogens with one attached hydrogen (secondary N) is 2. The molecule has 0 saturated heterocycles. The van der Waals surface area contributed by atoms with Gasteiger partial charge >= 0.3 is 5.16 Å². The second-order valence-corrected chi connectivity index (χ2v) is 6.09. The van der Waals surface area contributed by atoms with Crippen LogP contribution in [0.5, 0.6) is 5.75 Å². The Morgan fingerprint density at radius 3 is 2.91 bits per heavy atom. The Balaban J connectivity index is 1.82. The van der Waals surface area contributed by atoms with Gasteiger partial charge in [0.25, 0.3) is 0 Å². The van der Waals surface area contributed by atoms with Gasteiger partial charge in [0.2, 0.25) is 0 Å². The molecule has 0 aliphatic heterocycles. The Labute approximate surface area is 132 Å². The molecule has 0 unspecified atom stereocenters. The maximum Gasteiger partial charge on any atom is 0.314 e. The van der Waals surface area contributed by atoms with Gasteiger partial charge in [-0.05, 0) is 54.6 Å². The molecular formula is C17H17N2O2S+. The lowest BCUT2D eigenvalue weighted by Gasteiger charge is -2.07. The fourth-order valence-electron chi connectivity index (χ4n) is 2.35. The van der Waals surface area contributed by atoms with E-state index in [0.29, 0.717) is 11.3 Å². The van der Waals surface area contributed by atoms with Crippen molar-refractivity contribution >= 4 is 29.1 Å². The molecule has 0 aliphatic carbocycles. The van der Waals surface area contributed by atoms with E-state index in [1.807, 2.05) is 12.1 Å². The number of hydrogen-bond acceptors (Lipinski definition) is 3. The number of thioether (sulfide) groups is 1. The van der Waals surface area contributed by atoms with Gasteiger partial charge in [0.05, 0.1) is 7.11 Å². The van der Waals surface area contributed by atoms with Crippen molar-refractivity contribution in [2.45, 2.75) is 17.8 Å². The maximum atomic E-state index is 10.9. The first kappa shape index (κ1) is 14.7. The zero-order chi connectivity index (χ0) is 15.5. The number of fused-ring (bicyclic) bond motifs is 1. The summed E-state index contributed by atoms with van der Waals surface area (Å²) in [6, 6.07) is 11.7. The second kappa shape index (κ2) is 6.23. The monoisotopic (exact) mass is 313 g/mol. The molecule has 3 aromatic rings. The number of rotatable bonds is 5. The molecule has 0 amide bonds. The number of H-pyrrole nitrogens is 2. The van der Waals surface area contributed by atoms with Gasteiger partial charge in [0.1, 0.15) is 12.0 Å². The van der Waals surface area contributed by atoms with E-state index in [9.17, 15) is 4.79 Å². The fourth-order valence-corrected chi connectivity index (χ4v) is 3.24. The van der Waals surface area contributed by atoms with Gasteiger partial charge in [0.15, 0.2) is 11.0 Å². The Bertz CT molecular complexity index is 827. The zero-order valence-electron chi connectivity index (χ0n) is 12.5. The van der Waals surface area contributed by atoms with Crippen molar-refractivity contribution in [3.8, 4) is 5.75 Å². The minimum atomic E-state index is 0.660. The maximum absolute atomic E-state index is 10.9. The van der Waals surface area contributed by atoms with Crippen molar-refractivity contribution in [2.75, 3.05) is 7.11 Å². The van der Waals surface area contributed by atoms with E-state index in [2.05, 4.69) is 35.1 Å². The van der Waals surface area contributed by atoms with Crippen LogP contribution in [-0.2, 0) is 5.75 Å². The van der Waals surface area contributed by atoms with E-state index < -0.39 is 0 Å². The van der Waals surface area contributed by atoms with Crippen LogP contribution in [0, 0.1) is 6.92 Å². The molecule has 5 heteroatoms. The predicted octanol–water partition coefficient (Wildman–Crippen LogP) is 3.40. The summed E-state index contributed by atoms with van der Waals surface area (Å²) in [5, 5.41) is 0.985. The lowest BCUT2D eigenvalue weighted by Crippen LogP contribution is -2.01. The largest absolute Gasteiger partial charge is 0.496 e. The van der Waals surface area contributed by atoms with Crippen LogP contribution in [-0.4, -0.2) is 18.4 Å². The predicted molar refractivity (Wildman–Crippen MR) is 87.5 cm³/mol. The van der Waals surface area contributed by atoms with Crippen molar-refractivity contribution in [1.29, 1.82) is 0 Å². The quantitative estimate of drug-likeness (QED) is 0.580. The van der Waals surface area contributed by atoms with Gasteiger partial charge in [0, 0.05) is 16.9 Å². The normalized spacial score (nSPS) is 10.8. The van der Waals surface area contributed by atoms with Gasteiger partial charge < -0.3 is 4.74 Å². The van der Waals surface area contributed by atoms with Crippen LogP contribution in [0.4, 0.5) is 0 Å². The number of methoxy groups -OCH3 is 1. The molecule has 0 fully saturated rings. The van der Waals surface area contributed by atoms with Gasteiger partial charge in [-0.25, -0.2) is 9.97 Å². The summed E-state index contributed by atoms with van der Waals surface area (Å²) >= 11 is 1.65. The third-order valence-electron chi connectivity index (χ3n) is 3.48. The first-order valence-corrected chi connectivity index (χ1v) is 7.94. The lowest BCUT2D eigenvalue weighted by atomic mass is 10.1. The van der Waals surface area contributed by atoms with Crippen LogP contribution in [0.25, 0.3) is 11.0 Å².